The number of nitriles is 1. The predicted molar refractivity (Wildman–Crippen MR) is 58.3 cm³/mol. The van der Waals surface area contributed by atoms with Crippen molar-refractivity contribution in [2.45, 2.75) is 19.3 Å². The van der Waals surface area contributed by atoms with Crippen LogP contribution in [0.25, 0.3) is 0 Å². The molecule has 90 valence electrons. The molecule has 0 radical (unpaired) electrons. The lowest BCUT2D eigenvalue weighted by atomic mass is 10.2. The lowest BCUT2D eigenvalue weighted by molar-refractivity contribution is 0.0695. The van der Waals surface area contributed by atoms with Gasteiger partial charge in [0.25, 0.3) is 0 Å². The molecular formula is C12H12FNO3. The quantitative estimate of drug-likeness (QED) is 0.772. The van der Waals surface area contributed by atoms with Crippen molar-refractivity contribution in [3.05, 3.63) is 29.6 Å². The van der Waals surface area contributed by atoms with Crippen LogP contribution < -0.4 is 4.74 Å². The molecule has 0 fully saturated rings. The van der Waals surface area contributed by atoms with E-state index >= 15 is 0 Å². The summed E-state index contributed by atoms with van der Waals surface area (Å²) < 4.78 is 18.2. The van der Waals surface area contributed by atoms with E-state index < -0.39 is 11.8 Å². The van der Waals surface area contributed by atoms with E-state index in [1.165, 1.54) is 6.07 Å². The van der Waals surface area contributed by atoms with Crippen molar-refractivity contribution in [3.63, 3.8) is 0 Å². The zero-order valence-electron chi connectivity index (χ0n) is 9.15. The van der Waals surface area contributed by atoms with Crippen molar-refractivity contribution in [2.24, 2.45) is 0 Å². The first-order chi connectivity index (χ1) is 8.13. The Kier molecular flexibility index (Phi) is 4.95. The van der Waals surface area contributed by atoms with E-state index in [1.54, 1.807) is 0 Å². The second kappa shape index (κ2) is 6.48. The van der Waals surface area contributed by atoms with E-state index in [1.807, 2.05) is 6.07 Å². The summed E-state index contributed by atoms with van der Waals surface area (Å²) in [6.45, 7) is 0.337. The molecule has 5 heteroatoms. The van der Waals surface area contributed by atoms with Gasteiger partial charge in [-0.15, -0.1) is 0 Å². The maximum atomic E-state index is 13.0. The number of hydrogen-bond donors (Lipinski definition) is 1. The van der Waals surface area contributed by atoms with Crippen LogP contribution in [-0.2, 0) is 0 Å². The summed E-state index contributed by atoms with van der Waals surface area (Å²) in [5, 5.41) is 17.0. The van der Waals surface area contributed by atoms with Crippen molar-refractivity contribution in [3.8, 4) is 11.8 Å². The van der Waals surface area contributed by atoms with Crippen molar-refractivity contribution < 1.29 is 19.0 Å². The van der Waals surface area contributed by atoms with Gasteiger partial charge in [-0.05, 0) is 25.0 Å². The number of ether oxygens (including phenoxy) is 1. The van der Waals surface area contributed by atoms with E-state index in [-0.39, 0.29) is 11.3 Å². The number of carboxylic acid groups (broad SMARTS) is 1. The minimum atomic E-state index is -1.20. The molecule has 0 unspecified atom stereocenters. The number of halogens is 1. The van der Waals surface area contributed by atoms with Crippen molar-refractivity contribution >= 4 is 5.97 Å². The topological polar surface area (TPSA) is 70.3 Å². The van der Waals surface area contributed by atoms with Crippen LogP contribution in [0.2, 0.25) is 0 Å². The molecule has 4 nitrogen and oxygen atoms in total. The normalized spacial score (nSPS) is 9.65. The van der Waals surface area contributed by atoms with E-state index in [0.29, 0.717) is 25.9 Å². The van der Waals surface area contributed by atoms with Gasteiger partial charge < -0.3 is 9.84 Å². The maximum absolute atomic E-state index is 13.0. The van der Waals surface area contributed by atoms with Crippen LogP contribution in [0.1, 0.15) is 29.6 Å². The molecule has 0 spiro atoms. The molecule has 0 heterocycles. The van der Waals surface area contributed by atoms with E-state index in [0.717, 1.165) is 12.1 Å². The molecule has 0 aliphatic carbocycles. The van der Waals surface area contributed by atoms with Gasteiger partial charge in [-0.25, -0.2) is 9.18 Å². The molecule has 0 amide bonds. The van der Waals surface area contributed by atoms with Gasteiger partial charge in [0.1, 0.15) is 11.6 Å². The smallest absolute Gasteiger partial charge is 0.335 e. The average Bonchev–Trinajstić information content (AvgIpc) is 2.28. The van der Waals surface area contributed by atoms with Crippen LogP contribution in [-0.4, -0.2) is 17.7 Å². The number of unbranched alkanes of at least 4 members (excludes halogenated alkanes) is 2. The minimum absolute atomic E-state index is 0.142. The number of hydrogen-bond acceptors (Lipinski definition) is 3. The Balaban J connectivity index is 2.53. The van der Waals surface area contributed by atoms with Crippen LogP contribution in [0.4, 0.5) is 4.39 Å². The molecule has 1 aromatic carbocycles. The highest BCUT2D eigenvalue weighted by Crippen LogP contribution is 2.17. The number of benzene rings is 1. The Bertz CT molecular complexity index is 440. The fourth-order valence-electron chi connectivity index (χ4n) is 1.27. The van der Waals surface area contributed by atoms with Crippen LogP contribution in [0.5, 0.6) is 5.75 Å². The Morgan fingerprint density at radius 3 is 2.82 bits per heavy atom. The second-order valence-corrected chi connectivity index (χ2v) is 3.44. The number of rotatable bonds is 6. The first kappa shape index (κ1) is 13.0. The standard InChI is InChI=1S/C12H12FNO3/c13-10-6-9(12(15)16)7-11(8-10)17-5-3-1-2-4-14/h6-8H,1-3,5H2,(H,15,16). The molecule has 0 atom stereocenters. The Morgan fingerprint density at radius 2 is 2.18 bits per heavy atom. The van der Waals surface area contributed by atoms with Crippen LogP contribution in [0, 0.1) is 17.1 Å². The Labute approximate surface area is 98.2 Å². The number of nitrogens with zero attached hydrogens (tertiary/aromatic N) is 1. The fourth-order valence-corrected chi connectivity index (χ4v) is 1.27. The fraction of sp³-hybridized carbons (Fsp3) is 0.333. The van der Waals surface area contributed by atoms with Crippen LogP contribution in [0.15, 0.2) is 18.2 Å². The van der Waals surface area contributed by atoms with Gasteiger partial charge in [-0.3, -0.25) is 0 Å². The van der Waals surface area contributed by atoms with Gasteiger partial charge in [-0.2, -0.15) is 5.26 Å². The summed E-state index contributed by atoms with van der Waals surface area (Å²) in [7, 11) is 0. The molecule has 1 aromatic rings. The molecule has 0 bridgehead atoms. The number of aromatic carboxylic acids is 1. The maximum Gasteiger partial charge on any atom is 0.335 e. The van der Waals surface area contributed by atoms with Crippen molar-refractivity contribution in [1.82, 2.24) is 0 Å². The van der Waals surface area contributed by atoms with Crippen molar-refractivity contribution in [2.75, 3.05) is 6.61 Å². The van der Waals surface area contributed by atoms with Crippen LogP contribution >= 0.6 is 0 Å². The summed E-state index contributed by atoms with van der Waals surface area (Å²) in [4.78, 5) is 10.7. The van der Waals surface area contributed by atoms with Crippen molar-refractivity contribution in [1.29, 1.82) is 5.26 Å². The Hall–Kier alpha value is -2.09. The highest BCUT2D eigenvalue weighted by Gasteiger charge is 2.07. The summed E-state index contributed by atoms with van der Waals surface area (Å²) in [6, 6.07) is 5.35. The molecule has 0 aromatic heterocycles. The predicted octanol–water partition coefficient (Wildman–Crippen LogP) is 2.60. The third-order valence-corrected chi connectivity index (χ3v) is 2.07. The molecule has 0 saturated carbocycles. The minimum Gasteiger partial charge on any atom is -0.493 e. The lowest BCUT2D eigenvalue weighted by Gasteiger charge is -2.06. The van der Waals surface area contributed by atoms with Gasteiger partial charge in [0.05, 0.1) is 18.2 Å². The lowest BCUT2D eigenvalue weighted by Crippen LogP contribution is -2.01. The highest BCUT2D eigenvalue weighted by atomic mass is 19.1. The third-order valence-electron chi connectivity index (χ3n) is 2.07. The molecule has 1 rings (SSSR count). The average molecular weight is 237 g/mol. The van der Waals surface area contributed by atoms with Gasteiger partial charge in [0.15, 0.2) is 0 Å². The van der Waals surface area contributed by atoms with E-state index in [4.69, 9.17) is 15.1 Å². The molecule has 0 aliphatic heterocycles. The largest absolute Gasteiger partial charge is 0.493 e. The molecule has 17 heavy (non-hydrogen) atoms. The monoisotopic (exact) mass is 237 g/mol. The summed E-state index contributed by atoms with van der Waals surface area (Å²) in [5.41, 5.74) is -0.142. The second-order valence-electron chi connectivity index (χ2n) is 3.44. The molecular weight excluding hydrogens is 225 g/mol. The van der Waals surface area contributed by atoms with Gasteiger partial charge in [-0.1, -0.05) is 0 Å². The molecule has 0 saturated heterocycles. The van der Waals surface area contributed by atoms with Crippen LogP contribution in [0.3, 0.4) is 0 Å². The summed E-state index contributed by atoms with van der Waals surface area (Å²) in [5.74, 6) is -1.64. The summed E-state index contributed by atoms with van der Waals surface area (Å²) in [6.07, 6.45) is 1.83. The Morgan fingerprint density at radius 1 is 1.41 bits per heavy atom. The van der Waals surface area contributed by atoms with E-state index in [9.17, 15) is 9.18 Å². The number of carbonyl (C=O) groups is 1. The number of carboxylic acids is 1. The first-order valence-electron chi connectivity index (χ1n) is 5.17. The van der Waals surface area contributed by atoms with Gasteiger partial charge in [0.2, 0.25) is 0 Å². The zero-order valence-corrected chi connectivity index (χ0v) is 9.15. The van der Waals surface area contributed by atoms with Gasteiger partial charge >= 0.3 is 5.97 Å². The SMILES string of the molecule is N#CCCCCOc1cc(F)cc(C(=O)O)c1. The van der Waals surface area contributed by atoms with Gasteiger partial charge in [0, 0.05) is 12.5 Å². The summed E-state index contributed by atoms with van der Waals surface area (Å²) >= 11 is 0. The molecule has 0 aliphatic rings. The van der Waals surface area contributed by atoms with E-state index in [2.05, 4.69) is 0 Å². The third kappa shape index (κ3) is 4.51. The molecule has 1 N–H and O–H groups in total. The highest BCUT2D eigenvalue weighted by molar-refractivity contribution is 5.88. The zero-order chi connectivity index (χ0) is 12.7. The first-order valence-corrected chi connectivity index (χ1v) is 5.17.